The Morgan fingerprint density at radius 1 is 1.38 bits per heavy atom. The fraction of sp³-hybridized carbons (Fsp3) is 0.412. The molecule has 0 saturated heterocycles. The quantitative estimate of drug-likeness (QED) is 0.719. The second-order valence-electron chi connectivity index (χ2n) is 6.57. The van der Waals surface area contributed by atoms with E-state index in [2.05, 4.69) is 15.0 Å². The molecule has 1 aliphatic carbocycles. The maximum atomic E-state index is 12.6. The molecule has 0 fully saturated rings. The zero-order valence-electron chi connectivity index (χ0n) is 14.5. The normalized spacial score (nSPS) is 17.1. The lowest BCUT2D eigenvalue weighted by Gasteiger charge is -2.26. The molecule has 2 aromatic heterocycles. The number of rotatable bonds is 5. The number of thiophene rings is 1. The van der Waals surface area contributed by atoms with Gasteiger partial charge in [-0.1, -0.05) is 6.07 Å². The molecule has 3 N–H and O–H groups in total. The van der Waals surface area contributed by atoms with Gasteiger partial charge in [0, 0.05) is 17.8 Å². The van der Waals surface area contributed by atoms with E-state index in [1.807, 2.05) is 13.8 Å². The molecule has 26 heavy (non-hydrogen) atoms. The smallest absolute Gasteiger partial charge is 0.261 e. The summed E-state index contributed by atoms with van der Waals surface area (Å²) in [6.45, 7) is 3.62. The summed E-state index contributed by atoms with van der Waals surface area (Å²) in [5, 5.41) is 4.40. The van der Waals surface area contributed by atoms with Crippen molar-refractivity contribution < 1.29 is 13.2 Å². The lowest BCUT2D eigenvalue weighted by molar-refractivity contribution is 0.0941. The first-order chi connectivity index (χ1) is 12.3. The SMILES string of the molecule is CC(C)NC(=O)c1cc2c([nH]c1=O)CCCC2NS(=O)(=O)c1cccs1. The summed E-state index contributed by atoms with van der Waals surface area (Å²) in [6, 6.07) is 4.16. The van der Waals surface area contributed by atoms with Crippen LogP contribution >= 0.6 is 11.3 Å². The van der Waals surface area contributed by atoms with Crippen LogP contribution in [0.1, 0.15) is 54.3 Å². The average molecular weight is 396 g/mol. The number of hydrogen-bond donors (Lipinski definition) is 3. The van der Waals surface area contributed by atoms with Gasteiger partial charge < -0.3 is 10.3 Å². The zero-order chi connectivity index (χ0) is 18.9. The summed E-state index contributed by atoms with van der Waals surface area (Å²) >= 11 is 1.14. The summed E-state index contributed by atoms with van der Waals surface area (Å²) in [4.78, 5) is 27.3. The number of pyridine rings is 1. The highest BCUT2D eigenvalue weighted by atomic mass is 32.2. The van der Waals surface area contributed by atoms with Crippen molar-refractivity contribution in [3.8, 4) is 0 Å². The number of nitrogens with one attached hydrogen (secondary N) is 3. The predicted octanol–water partition coefficient (Wildman–Crippen LogP) is 1.93. The van der Waals surface area contributed by atoms with Gasteiger partial charge in [0.05, 0.1) is 0 Å². The summed E-state index contributed by atoms with van der Waals surface area (Å²) in [5.41, 5.74) is 0.884. The monoisotopic (exact) mass is 395 g/mol. The fourth-order valence-electron chi connectivity index (χ4n) is 3.03. The van der Waals surface area contributed by atoms with Crippen molar-refractivity contribution >= 4 is 27.3 Å². The number of aromatic amines is 1. The highest BCUT2D eigenvalue weighted by Crippen LogP contribution is 2.30. The molecule has 1 aliphatic rings. The molecule has 0 radical (unpaired) electrons. The molecule has 0 spiro atoms. The van der Waals surface area contributed by atoms with Crippen LogP contribution in [0.5, 0.6) is 0 Å². The van der Waals surface area contributed by atoms with Crippen LogP contribution in [0.4, 0.5) is 0 Å². The van der Waals surface area contributed by atoms with Gasteiger partial charge in [0.2, 0.25) is 0 Å². The van der Waals surface area contributed by atoms with E-state index in [1.54, 1.807) is 17.5 Å². The Hall–Kier alpha value is -1.97. The molecule has 0 saturated carbocycles. The van der Waals surface area contributed by atoms with Crippen molar-refractivity contribution in [2.24, 2.45) is 0 Å². The maximum Gasteiger partial charge on any atom is 0.261 e. The molecule has 2 heterocycles. The number of amides is 1. The fourth-order valence-corrected chi connectivity index (χ4v) is 5.29. The van der Waals surface area contributed by atoms with Crippen LogP contribution in [0, 0.1) is 0 Å². The van der Waals surface area contributed by atoms with E-state index in [1.165, 1.54) is 6.07 Å². The first kappa shape index (κ1) is 18.8. The highest BCUT2D eigenvalue weighted by molar-refractivity contribution is 7.91. The third-order valence-electron chi connectivity index (χ3n) is 4.17. The van der Waals surface area contributed by atoms with Crippen LogP contribution in [0.2, 0.25) is 0 Å². The average Bonchev–Trinajstić information content (AvgIpc) is 3.08. The van der Waals surface area contributed by atoms with E-state index in [0.717, 1.165) is 17.8 Å². The number of fused-ring (bicyclic) bond motifs is 1. The molecule has 140 valence electrons. The van der Waals surface area contributed by atoms with Crippen molar-refractivity contribution in [1.82, 2.24) is 15.0 Å². The van der Waals surface area contributed by atoms with Gasteiger partial charge in [0.25, 0.3) is 21.5 Å². The van der Waals surface area contributed by atoms with Crippen molar-refractivity contribution in [1.29, 1.82) is 0 Å². The van der Waals surface area contributed by atoms with Gasteiger partial charge in [0.1, 0.15) is 9.77 Å². The summed E-state index contributed by atoms with van der Waals surface area (Å²) < 4.78 is 28.1. The first-order valence-electron chi connectivity index (χ1n) is 8.40. The molecule has 1 unspecified atom stereocenters. The van der Waals surface area contributed by atoms with Crippen LogP contribution in [0.3, 0.4) is 0 Å². The van der Waals surface area contributed by atoms with Crippen molar-refractivity contribution in [2.75, 3.05) is 0 Å². The van der Waals surface area contributed by atoms with Crippen LogP contribution in [0.25, 0.3) is 0 Å². The number of H-pyrrole nitrogens is 1. The topological polar surface area (TPSA) is 108 Å². The Bertz CT molecular complexity index is 962. The molecule has 0 bridgehead atoms. The minimum absolute atomic E-state index is 0.000304. The number of sulfonamides is 1. The molecular weight excluding hydrogens is 374 g/mol. The Balaban J connectivity index is 1.96. The predicted molar refractivity (Wildman–Crippen MR) is 100.0 cm³/mol. The van der Waals surface area contributed by atoms with E-state index in [9.17, 15) is 18.0 Å². The molecule has 0 aliphatic heterocycles. The Morgan fingerprint density at radius 2 is 2.15 bits per heavy atom. The van der Waals surface area contributed by atoms with Crippen molar-refractivity contribution in [3.63, 3.8) is 0 Å². The summed E-state index contributed by atoms with van der Waals surface area (Å²) in [7, 11) is -3.65. The number of carbonyl (C=O) groups excluding carboxylic acids is 1. The van der Waals surface area contributed by atoms with Crippen LogP contribution in [-0.4, -0.2) is 25.4 Å². The second-order valence-corrected chi connectivity index (χ2v) is 9.46. The molecule has 7 nitrogen and oxygen atoms in total. The largest absolute Gasteiger partial charge is 0.350 e. The minimum Gasteiger partial charge on any atom is -0.350 e. The summed E-state index contributed by atoms with van der Waals surface area (Å²) in [5.74, 6) is -0.463. The summed E-state index contributed by atoms with van der Waals surface area (Å²) in [6.07, 6.45) is 2.00. The van der Waals surface area contributed by atoms with E-state index in [-0.39, 0.29) is 15.8 Å². The van der Waals surface area contributed by atoms with Crippen LogP contribution < -0.4 is 15.6 Å². The molecule has 9 heteroatoms. The number of aryl methyl sites for hydroxylation is 1. The van der Waals surface area contributed by atoms with Gasteiger partial charge in [-0.15, -0.1) is 11.3 Å². The van der Waals surface area contributed by atoms with E-state index >= 15 is 0 Å². The highest BCUT2D eigenvalue weighted by Gasteiger charge is 2.28. The Morgan fingerprint density at radius 3 is 2.81 bits per heavy atom. The van der Waals surface area contributed by atoms with Gasteiger partial charge in [0.15, 0.2) is 0 Å². The third-order valence-corrected chi connectivity index (χ3v) is 7.04. The number of carbonyl (C=O) groups is 1. The van der Waals surface area contributed by atoms with E-state index in [4.69, 9.17) is 0 Å². The van der Waals surface area contributed by atoms with Crippen LogP contribution in [-0.2, 0) is 16.4 Å². The molecule has 1 amide bonds. The van der Waals surface area contributed by atoms with Gasteiger partial charge in [-0.3, -0.25) is 9.59 Å². The Kier molecular flexibility index (Phi) is 5.31. The standard InChI is InChI=1S/C17H21N3O4S2/c1-10(2)18-16(21)12-9-11-13(19-17(12)22)5-3-6-14(11)20-26(23,24)15-7-4-8-25-15/h4,7-10,14,20H,3,5-6H2,1-2H3,(H,18,21)(H,19,22). The molecular formula is C17H21N3O4S2. The Labute approximate surface area is 155 Å². The lowest BCUT2D eigenvalue weighted by Crippen LogP contribution is -2.37. The van der Waals surface area contributed by atoms with Gasteiger partial charge in [-0.05, 0) is 56.2 Å². The van der Waals surface area contributed by atoms with Gasteiger partial charge >= 0.3 is 0 Å². The molecule has 3 rings (SSSR count). The number of aromatic nitrogens is 1. The first-order valence-corrected chi connectivity index (χ1v) is 10.8. The lowest BCUT2D eigenvalue weighted by atomic mass is 9.91. The van der Waals surface area contributed by atoms with Gasteiger partial charge in [-0.25, -0.2) is 13.1 Å². The van der Waals surface area contributed by atoms with Crippen LogP contribution in [0.15, 0.2) is 32.6 Å². The minimum atomic E-state index is -3.65. The van der Waals surface area contributed by atoms with Crippen molar-refractivity contribution in [2.45, 2.75) is 49.4 Å². The van der Waals surface area contributed by atoms with Gasteiger partial charge in [-0.2, -0.15) is 0 Å². The number of hydrogen-bond acceptors (Lipinski definition) is 5. The van der Waals surface area contributed by atoms with Crippen molar-refractivity contribution in [3.05, 3.63) is 50.8 Å². The molecule has 2 aromatic rings. The van der Waals surface area contributed by atoms with E-state index in [0.29, 0.717) is 24.1 Å². The molecule has 0 aromatic carbocycles. The zero-order valence-corrected chi connectivity index (χ0v) is 16.2. The maximum absolute atomic E-state index is 12.6. The van der Waals surface area contributed by atoms with E-state index < -0.39 is 27.5 Å². The second kappa shape index (κ2) is 7.34. The third kappa shape index (κ3) is 3.89. The molecule has 1 atom stereocenters.